The van der Waals surface area contributed by atoms with Crippen LogP contribution in [-0.2, 0) is 6.54 Å². The van der Waals surface area contributed by atoms with E-state index < -0.39 is 0 Å². The molecule has 1 aromatic carbocycles. The Hall–Kier alpha value is -1.81. The van der Waals surface area contributed by atoms with Crippen LogP contribution in [0.15, 0.2) is 36.5 Å². The number of anilines is 1. The van der Waals surface area contributed by atoms with Gasteiger partial charge in [0.05, 0.1) is 18.8 Å². The lowest BCUT2D eigenvalue weighted by atomic mass is 10.1. The number of nitrogens with zero attached hydrogens (tertiary/aromatic N) is 2. The Labute approximate surface area is 88.0 Å². The first kappa shape index (κ1) is 9.73. The highest BCUT2D eigenvalue weighted by Crippen LogP contribution is 2.24. The predicted molar refractivity (Wildman–Crippen MR) is 59.2 cm³/mol. The van der Waals surface area contributed by atoms with Crippen LogP contribution in [0.3, 0.4) is 0 Å². The maximum absolute atomic E-state index is 8.89. The molecular weight excluding hydrogens is 190 g/mol. The summed E-state index contributed by atoms with van der Waals surface area (Å²) in [7, 11) is 0. The number of hydrogen-bond acceptors (Lipinski definition) is 3. The molecule has 0 aliphatic heterocycles. The molecule has 3 N–H and O–H groups in total. The quantitative estimate of drug-likeness (QED) is 0.735. The number of hydrogen-bond donors (Lipinski definition) is 2. The molecule has 2 aromatic rings. The standard InChI is InChI=1S/C11H13N3O/c12-10-4-2-1-3-9(10)11-5-6-13-14(11)7-8-15/h1-6,15H,7-8,12H2. The Morgan fingerprint density at radius 1 is 1.27 bits per heavy atom. The van der Waals surface area contributed by atoms with Crippen molar-refractivity contribution in [2.75, 3.05) is 12.3 Å². The third kappa shape index (κ3) is 1.85. The number of benzene rings is 1. The van der Waals surface area contributed by atoms with Crippen LogP contribution in [0.2, 0.25) is 0 Å². The first-order chi connectivity index (χ1) is 7.33. The molecule has 1 heterocycles. The lowest BCUT2D eigenvalue weighted by Crippen LogP contribution is -2.06. The average Bonchev–Trinajstić information content (AvgIpc) is 2.67. The smallest absolute Gasteiger partial charge is 0.0703 e. The summed E-state index contributed by atoms with van der Waals surface area (Å²) < 4.78 is 1.74. The zero-order valence-electron chi connectivity index (χ0n) is 8.30. The molecule has 15 heavy (non-hydrogen) atoms. The fourth-order valence-electron chi connectivity index (χ4n) is 1.56. The molecule has 4 heteroatoms. The minimum Gasteiger partial charge on any atom is -0.398 e. The van der Waals surface area contributed by atoms with Crippen LogP contribution in [0.1, 0.15) is 0 Å². The SMILES string of the molecule is Nc1ccccc1-c1ccnn1CCO. The van der Waals surface area contributed by atoms with Crippen molar-refractivity contribution in [3.63, 3.8) is 0 Å². The van der Waals surface area contributed by atoms with E-state index in [4.69, 9.17) is 10.8 Å². The summed E-state index contributed by atoms with van der Waals surface area (Å²) >= 11 is 0. The van der Waals surface area contributed by atoms with Gasteiger partial charge in [-0.2, -0.15) is 5.10 Å². The summed E-state index contributed by atoms with van der Waals surface area (Å²) in [6.45, 7) is 0.554. The van der Waals surface area contributed by atoms with E-state index in [1.54, 1.807) is 10.9 Å². The second kappa shape index (κ2) is 4.14. The molecule has 0 aliphatic rings. The van der Waals surface area contributed by atoms with E-state index in [2.05, 4.69) is 5.10 Å². The molecule has 4 nitrogen and oxygen atoms in total. The van der Waals surface area contributed by atoms with E-state index in [9.17, 15) is 0 Å². The van der Waals surface area contributed by atoms with Gasteiger partial charge in [-0.1, -0.05) is 18.2 Å². The van der Waals surface area contributed by atoms with Gasteiger partial charge in [-0.25, -0.2) is 0 Å². The number of aliphatic hydroxyl groups is 1. The molecule has 0 bridgehead atoms. The topological polar surface area (TPSA) is 64.1 Å². The fraction of sp³-hybridized carbons (Fsp3) is 0.182. The largest absolute Gasteiger partial charge is 0.398 e. The van der Waals surface area contributed by atoms with Gasteiger partial charge in [-0.3, -0.25) is 4.68 Å². The Kier molecular flexibility index (Phi) is 2.69. The molecule has 0 fully saturated rings. The molecule has 0 spiro atoms. The second-order valence-corrected chi connectivity index (χ2v) is 3.25. The molecular formula is C11H13N3O. The molecule has 0 unspecified atom stereocenters. The Bertz CT molecular complexity index is 451. The van der Waals surface area contributed by atoms with Crippen LogP contribution in [0.25, 0.3) is 11.3 Å². The number of aromatic nitrogens is 2. The van der Waals surface area contributed by atoms with Crippen molar-refractivity contribution in [2.24, 2.45) is 0 Å². The van der Waals surface area contributed by atoms with Crippen LogP contribution < -0.4 is 5.73 Å². The summed E-state index contributed by atoms with van der Waals surface area (Å²) in [5, 5.41) is 13.0. The van der Waals surface area contributed by atoms with Crippen molar-refractivity contribution in [3.05, 3.63) is 36.5 Å². The maximum Gasteiger partial charge on any atom is 0.0703 e. The van der Waals surface area contributed by atoms with Gasteiger partial charge in [0.2, 0.25) is 0 Å². The number of nitrogen functional groups attached to an aromatic ring is 1. The molecule has 0 amide bonds. The van der Waals surface area contributed by atoms with Gasteiger partial charge in [0.1, 0.15) is 0 Å². The molecule has 0 atom stereocenters. The zero-order valence-corrected chi connectivity index (χ0v) is 8.30. The number of aliphatic hydroxyl groups excluding tert-OH is 1. The van der Waals surface area contributed by atoms with Crippen molar-refractivity contribution < 1.29 is 5.11 Å². The predicted octanol–water partition coefficient (Wildman–Crippen LogP) is 1.12. The highest BCUT2D eigenvalue weighted by atomic mass is 16.3. The number of para-hydroxylation sites is 1. The summed E-state index contributed by atoms with van der Waals surface area (Å²) in [6, 6.07) is 9.51. The van der Waals surface area contributed by atoms with Crippen LogP contribution in [0.4, 0.5) is 5.69 Å². The Morgan fingerprint density at radius 3 is 2.80 bits per heavy atom. The van der Waals surface area contributed by atoms with Crippen LogP contribution in [0.5, 0.6) is 0 Å². The van der Waals surface area contributed by atoms with Crippen molar-refractivity contribution >= 4 is 5.69 Å². The van der Waals surface area contributed by atoms with Crippen molar-refractivity contribution in [1.29, 1.82) is 0 Å². The van der Waals surface area contributed by atoms with Gasteiger partial charge in [-0.15, -0.1) is 0 Å². The van der Waals surface area contributed by atoms with Gasteiger partial charge >= 0.3 is 0 Å². The van der Waals surface area contributed by atoms with Gasteiger partial charge in [0.15, 0.2) is 0 Å². The van der Waals surface area contributed by atoms with E-state index in [0.29, 0.717) is 6.54 Å². The molecule has 0 saturated carbocycles. The zero-order chi connectivity index (χ0) is 10.7. The van der Waals surface area contributed by atoms with Crippen LogP contribution in [0, 0.1) is 0 Å². The third-order valence-corrected chi connectivity index (χ3v) is 2.27. The molecule has 2 rings (SSSR count). The van der Waals surface area contributed by atoms with E-state index in [-0.39, 0.29) is 6.61 Å². The minimum absolute atomic E-state index is 0.0709. The highest BCUT2D eigenvalue weighted by Gasteiger charge is 2.06. The van der Waals surface area contributed by atoms with Gasteiger partial charge in [0, 0.05) is 17.4 Å². The van der Waals surface area contributed by atoms with E-state index >= 15 is 0 Å². The lowest BCUT2D eigenvalue weighted by molar-refractivity contribution is 0.270. The molecule has 0 saturated heterocycles. The van der Waals surface area contributed by atoms with E-state index in [0.717, 1.165) is 16.9 Å². The molecule has 0 aliphatic carbocycles. The van der Waals surface area contributed by atoms with Crippen LogP contribution in [-0.4, -0.2) is 21.5 Å². The van der Waals surface area contributed by atoms with Crippen LogP contribution >= 0.6 is 0 Å². The number of rotatable bonds is 3. The molecule has 0 radical (unpaired) electrons. The van der Waals surface area contributed by atoms with Crippen molar-refractivity contribution in [2.45, 2.75) is 6.54 Å². The summed E-state index contributed by atoms with van der Waals surface area (Å²) in [6.07, 6.45) is 1.71. The van der Waals surface area contributed by atoms with Gasteiger partial charge in [-0.05, 0) is 12.1 Å². The van der Waals surface area contributed by atoms with Gasteiger partial charge in [0.25, 0.3) is 0 Å². The van der Waals surface area contributed by atoms with Crippen molar-refractivity contribution in [1.82, 2.24) is 9.78 Å². The summed E-state index contributed by atoms with van der Waals surface area (Å²) in [5.74, 6) is 0. The fourth-order valence-corrected chi connectivity index (χ4v) is 1.56. The van der Waals surface area contributed by atoms with Crippen molar-refractivity contribution in [3.8, 4) is 11.3 Å². The highest BCUT2D eigenvalue weighted by molar-refractivity contribution is 5.73. The van der Waals surface area contributed by atoms with E-state index in [1.807, 2.05) is 30.3 Å². The third-order valence-electron chi connectivity index (χ3n) is 2.27. The van der Waals surface area contributed by atoms with E-state index in [1.165, 1.54) is 0 Å². The summed E-state index contributed by atoms with van der Waals surface area (Å²) in [5.41, 5.74) is 8.47. The summed E-state index contributed by atoms with van der Waals surface area (Å²) in [4.78, 5) is 0. The molecule has 1 aromatic heterocycles. The Balaban J connectivity index is 2.45. The minimum atomic E-state index is 0.0709. The first-order valence-electron chi connectivity index (χ1n) is 4.80. The first-order valence-corrected chi connectivity index (χ1v) is 4.80. The number of nitrogens with two attached hydrogens (primary N) is 1. The maximum atomic E-state index is 8.89. The Morgan fingerprint density at radius 2 is 2.07 bits per heavy atom. The average molecular weight is 203 g/mol. The van der Waals surface area contributed by atoms with Gasteiger partial charge < -0.3 is 10.8 Å². The lowest BCUT2D eigenvalue weighted by Gasteiger charge is -2.07. The second-order valence-electron chi connectivity index (χ2n) is 3.25. The monoisotopic (exact) mass is 203 g/mol. The molecule has 78 valence electrons. The normalized spacial score (nSPS) is 10.5.